The molecule has 2 N–H and O–H groups in total. The van der Waals surface area contributed by atoms with E-state index in [9.17, 15) is 4.79 Å². The van der Waals surface area contributed by atoms with Gasteiger partial charge in [0.1, 0.15) is 5.82 Å². The molecule has 6 nitrogen and oxygen atoms in total. The van der Waals surface area contributed by atoms with E-state index in [-0.39, 0.29) is 6.03 Å². The Hall–Kier alpha value is -1.82. The first-order valence-corrected chi connectivity index (χ1v) is 10.2. The second-order valence-electron chi connectivity index (χ2n) is 7.56. The van der Waals surface area contributed by atoms with Gasteiger partial charge in [-0.2, -0.15) is 0 Å². The van der Waals surface area contributed by atoms with Crippen LogP contribution in [0.3, 0.4) is 0 Å². The Balaban J connectivity index is 1.30. The van der Waals surface area contributed by atoms with Gasteiger partial charge in [0.25, 0.3) is 0 Å². The number of nitrogens with one attached hydrogen (secondary N) is 2. The summed E-state index contributed by atoms with van der Waals surface area (Å²) in [7, 11) is 0. The maximum Gasteiger partial charge on any atom is 0.315 e. The molecule has 2 saturated heterocycles. The largest absolute Gasteiger partial charge is 0.357 e. The lowest BCUT2D eigenvalue weighted by molar-refractivity contribution is 0.159. The Morgan fingerprint density at radius 2 is 1.96 bits per heavy atom. The molecule has 1 aromatic rings. The van der Waals surface area contributed by atoms with Gasteiger partial charge in [-0.3, -0.25) is 0 Å². The molecular formula is C20H33N5O. The van der Waals surface area contributed by atoms with E-state index in [4.69, 9.17) is 0 Å². The van der Waals surface area contributed by atoms with Crippen molar-refractivity contribution in [1.29, 1.82) is 0 Å². The fraction of sp³-hybridized carbons (Fsp3) is 0.700. The third kappa shape index (κ3) is 5.59. The highest BCUT2D eigenvalue weighted by molar-refractivity contribution is 5.73. The first kappa shape index (κ1) is 19.0. The molecule has 3 heterocycles. The molecule has 0 spiro atoms. The number of pyridine rings is 1. The van der Waals surface area contributed by atoms with Gasteiger partial charge in [-0.05, 0) is 57.2 Å². The Labute approximate surface area is 157 Å². The fourth-order valence-electron chi connectivity index (χ4n) is 3.87. The summed E-state index contributed by atoms with van der Waals surface area (Å²) in [6.45, 7) is 8.02. The summed E-state index contributed by atoms with van der Waals surface area (Å²) >= 11 is 0. The minimum absolute atomic E-state index is 0.0969. The van der Waals surface area contributed by atoms with E-state index in [0.29, 0.717) is 12.6 Å². The van der Waals surface area contributed by atoms with Crippen molar-refractivity contribution in [3.8, 4) is 0 Å². The number of likely N-dealkylation sites (tertiary alicyclic amines) is 1. The lowest BCUT2D eigenvalue weighted by Gasteiger charge is -2.33. The minimum atomic E-state index is -0.0969. The van der Waals surface area contributed by atoms with Gasteiger partial charge >= 0.3 is 6.03 Å². The predicted molar refractivity (Wildman–Crippen MR) is 105 cm³/mol. The molecule has 3 rings (SSSR count). The zero-order valence-corrected chi connectivity index (χ0v) is 16.0. The van der Waals surface area contributed by atoms with Gasteiger partial charge in [0, 0.05) is 45.0 Å². The van der Waals surface area contributed by atoms with E-state index < -0.39 is 0 Å². The number of amides is 2. The third-order valence-electron chi connectivity index (χ3n) is 5.54. The van der Waals surface area contributed by atoms with Crippen LogP contribution in [0.1, 0.15) is 51.0 Å². The van der Waals surface area contributed by atoms with Gasteiger partial charge < -0.3 is 20.4 Å². The van der Waals surface area contributed by atoms with Crippen LogP contribution in [-0.2, 0) is 6.54 Å². The number of piperidine rings is 1. The van der Waals surface area contributed by atoms with Gasteiger partial charge in [0.05, 0.1) is 0 Å². The monoisotopic (exact) mass is 359 g/mol. The first-order chi connectivity index (χ1) is 12.7. The topological polar surface area (TPSA) is 60.5 Å². The van der Waals surface area contributed by atoms with E-state index in [2.05, 4.69) is 44.5 Å². The summed E-state index contributed by atoms with van der Waals surface area (Å²) in [6, 6.07) is 4.70. The molecule has 0 bridgehead atoms. The Bertz CT molecular complexity index is 556. The van der Waals surface area contributed by atoms with Crippen LogP contribution in [0.2, 0.25) is 0 Å². The van der Waals surface area contributed by atoms with Crippen molar-refractivity contribution in [3.05, 3.63) is 23.9 Å². The SMILES string of the molecule is C[C@@H]1CCCCN1CCCNC(=O)NCc1ccc(N2CCCC2)nc1. The number of rotatable bonds is 7. The zero-order valence-electron chi connectivity index (χ0n) is 16.0. The highest BCUT2D eigenvalue weighted by Gasteiger charge is 2.17. The van der Waals surface area contributed by atoms with Crippen molar-refractivity contribution in [2.24, 2.45) is 0 Å². The van der Waals surface area contributed by atoms with Crippen molar-refractivity contribution in [2.75, 3.05) is 37.6 Å². The molecule has 1 atom stereocenters. The number of urea groups is 1. The van der Waals surface area contributed by atoms with Crippen LogP contribution in [-0.4, -0.2) is 54.7 Å². The predicted octanol–water partition coefficient (Wildman–Crippen LogP) is 2.75. The number of hydrogen-bond donors (Lipinski definition) is 2. The number of nitrogens with zero attached hydrogens (tertiary/aromatic N) is 3. The van der Waals surface area contributed by atoms with Crippen LogP contribution in [0, 0.1) is 0 Å². The van der Waals surface area contributed by atoms with Crippen LogP contribution >= 0.6 is 0 Å². The van der Waals surface area contributed by atoms with Crippen LogP contribution in [0.15, 0.2) is 18.3 Å². The summed E-state index contributed by atoms with van der Waals surface area (Å²) in [5, 5.41) is 5.88. The molecule has 0 radical (unpaired) electrons. The second kappa shape index (κ2) is 9.76. The van der Waals surface area contributed by atoms with Crippen LogP contribution in [0.25, 0.3) is 0 Å². The standard InChI is InChI=1S/C20H33N5O/c1-17-7-2-3-11-24(17)14-6-10-21-20(26)23-16-18-8-9-19(22-15-18)25-12-4-5-13-25/h8-9,15,17H,2-7,10-14,16H2,1H3,(H2,21,23,26)/t17-/m1/s1. The molecule has 144 valence electrons. The lowest BCUT2D eigenvalue weighted by Crippen LogP contribution is -2.40. The quantitative estimate of drug-likeness (QED) is 0.735. The Morgan fingerprint density at radius 1 is 1.15 bits per heavy atom. The molecule has 0 saturated carbocycles. The van der Waals surface area contributed by atoms with E-state index in [1.807, 2.05) is 6.20 Å². The van der Waals surface area contributed by atoms with Gasteiger partial charge in [0.2, 0.25) is 0 Å². The van der Waals surface area contributed by atoms with E-state index in [1.54, 1.807) is 0 Å². The molecule has 6 heteroatoms. The minimum Gasteiger partial charge on any atom is -0.357 e. The Kier molecular flexibility index (Phi) is 7.12. The lowest BCUT2D eigenvalue weighted by atomic mass is 10.0. The van der Waals surface area contributed by atoms with Crippen molar-refractivity contribution >= 4 is 11.8 Å². The number of carbonyl (C=O) groups excluding carboxylic acids is 1. The molecule has 2 amide bonds. The third-order valence-corrected chi connectivity index (χ3v) is 5.54. The molecule has 2 aliphatic heterocycles. The number of anilines is 1. The molecule has 2 aliphatic rings. The van der Waals surface area contributed by atoms with Gasteiger partial charge in [-0.25, -0.2) is 9.78 Å². The van der Waals surface area contributed by atoms with Crippen LogP contribution < -0.4 is 15.5 Å². The normalized spacial score (nSPS) is 21.0. The summed E-state index contributed by atoms with van der Waals surface area (Å²) in [5.41, 5.74) is 1.03. The van der Waals surface area contributed by atoms with Crippen molar-refractivity contribution in [1.82, 2.24) is 20.5 Å². The molecule has 0 unspecified atom stereocenters. The summed E-state index contributed by atoms with van der Waals surface area (Å²) < 4.78 is 0. The number of carbonyl (C=O) groups is 1. The number of hydrogen-bond acceptors (Lipinski definition) is 4. The van der Waals surface area contributed by atoms with Gasteiger partial charge in [-0.15, -0.1) is 0 Å². The maximum absolute atomic E-state index is 11.9. The fourth-order valence-corrected chi connectivity index (χ4v) is 3.87. The molecule has 2 fully saturated rings. The summed E-state index contributed by atoms with van der Waals surface area (Å²) in [6.07, 6.45) is 9.34. The van der Waals surface area contributed by atoms with Crippen molar-refractivity contribution in [3.63, 3.8) is 0 Å². The van der Waals surface area contributed by atoms with E-state index in [1.165, 1.54) is 38.6 Å². The highest BCUT2D eigenvalue weighted by atomic mass is 16.2. The number of aromatic nitrogens is 1. The Morgan fingerprint density at radius 3 is 2.69 bits per heavy atom. The molecule has 0 aromatic carbocycles. The van der Waals surface area contributed by atoms with Crippen molar-refractivity contribution < 1.29 is 4.79 Å². The van der Waals surface area contributed by atoms with E-state index >= 15 is 0 Å². The molecule has 0 aliphatic carbocycles. The zero-order chi connectivity index (χ0) is 18.2. The average Bonchev–Trinajstić information content (AvgIpc) is 3.20. The van der Waals surface area contributed by atoms with Gasteiger partial charge in [0.15, 0.2) is 0 Å². The molecular weight excluding hydrogens is 326 g/mol. The van der Waals surface area contributed by atoms with Crippen LogP contribution in [0.5, 0.6) is 0 Å². The van der Waals surface area contributed by atoms with Crippen molar-refractivity contribution in [2.45, 2.75) is 58.0 Å². The van der Waals surface area contributed by atoms with Gasteiger partial charge in [-0.1, -0.05) is 12.5 Å². The maximum atomic E-state index is 11.9. The second-order valence-corrected chi connectivity index (χ2v) is 7.56. The summed E-state index contributed by atoms with van der Waals surface area (Å²) in [4.78, 5) is 21.3. The first-order valence-electron chi connectivity index (χ1n) is 10.2. The highest BCUT2D eigenvalue weighted by Crippen LogP contribution is 2.17. The smallest absolute Gasteiger partial charge is 0.315 e. The average molecular weight is 360 g/mol. The summed E-state index contributed by atoms with van der Waals surface area (Å²) in [5.74, 6) is 1.04. The molecule has 1 aromatic heterocycles. The van der Waals surface area contributed by atoms with Crippen LogP contribution in [0.4, 0.5) is 10.6 Å². The van der Waals surface area contributed by atoms with E-state index in [0.717, 1.165) is 44.0 Å². The molecule has 26 heavy (non-hydrogen) atoms.